The number of nitrogens with zero attached hydrogens (tertiary/aromatic N) is 1. The number of carbonyl (C=O) groups excluding carboxylic acids is 1. The van der Waals surface area contributed by atoms with Gasteiger partial charge in [-0.1, -0.05) is 0 Å². The molecule has 0 spiro atoms. The van der Waals surface area contributed by atoms with Gasteiger partial charge in [0.2, 0.25) is 0 Å². The predicted octanol–water partition coefficient (Wildman–Crippen LogP) is 2.20. The minimum atomic E-state index is -0.189. The highest BCUT2D eigenvalue weighted by Crippen LogP contribution is 2.23. The molecule has 2 amide bonds. The van der Waals surface area contributed by atoms with E-state index in [0.29, 0.717) is 17.2 Å². The van der Waals surface area contributed by atoms with E-state index in [0.717, 1.165) is 32.2 Å². The highest BCUT2D eigenvalue weighted by molar-refractivity contribution is 5.89. The van der Waals surface area contributed by atoms with Crippen LogP contribution in [-0.4, -0.2) is 18.6 Å². The highest BCUT2D eigenvalue weighted by Gasteiger charge is 2.21. The molecule has 1 aromatic rings. The smallest absolute Gasteiger partial charge is 0.319 e. The Morgan fingerprint density at radius 2 is 1.90 bits per heavy atom. The van der Waals surface area contributed by atoms with Gasteiger partial charge >= 0.3 is 6.03 Å². The van der Waals surface area contributed by atoms with E-state index < -0.39 is 0 Å². The molecule has 1 fully saturated rings. The lowest BCUT2D eigenvalue weighted by molar-refractivity contribution is 0.238. The normalized spacial score (nSPS) is 21.8. The van der Waals surface area contributed by atoms with Gasteiger partial charge in [-0.2, -0.15) is 5.26 Å². The van der Waals surface area contributed by atoms with Crippen molar-refractivity contribution in [3.8, 4) is 6.07 Å². The molecule has 0 atom stereocenters. The molecule has 0 radical (unpaired) electrons. The first-order valence-electron chi connectivity index (χ1n) is 6.99. The number of hydrogen-bond acceptors (Lipinski definition) is 3. The van der Waals surface area contributed by atoms with Crippen LogP contribution in [0.4, 0.5) is 10.5 Å². The van der Waals surface area contributed by atoms with Crippen LogP contribution in [0, 0.1) is 17.2 Å². The molecule has 0 aliphatic heterocycles. The molecule has 5 heteroatoms. The van der Waals surface area contributed by atoms with Crippen LogP contribution in [0.2, 0.25) is 0 Å². The Morgan fingerprint density at radius 3 is 2.45 bits per heavy atom. The number of hydrogen-bond donors (Lipinski definition) is 3. The third-order valence-corrected chi connectivity index (χ3v) is 3.79. The summed E-state index contributed by atoms with van der Waals surface area (Å²) in [6.45, 7) is 0.740. The molecule has 0 heterocycles. The van der Waals surface area contributed by atoms with Crippen LogP contribution >= 0.6 is 0 Å². The second-order valence-electron chi connectivity index (χ2n) is 5.24. The van der Waals surface area contributed by atoms with Crippen molar-refractivity contribution in [1.82, 2.24) is 5.32 Å². The number of urea groups is 1. The van der Waals surface area contributed by atoms with Gasteiger partial charge in [-0.3, -0.25) is 0 Å². The molecule has 0 aromatic heterocycles. The van der Waals surface area contributed by atoms with Crippen molar-refractivity contribution < 1.29 is 4.79 Å². The van der Waals surface area contributed by atoms with Crippen molar-refractivity contribution >= 4 is 11.7 Å². The van der Waals surface area contributed by atoms with Crippen molar-refractivity contribution in [1.29, 1.82) is 5.26 Å². The molecule has 1 aromatic carbocycles. The molecule has 5 nitrogen and oxygen atoms in total. The Labute approximate surface area is 119 Å². The van der Waals surface area contributed by atoms with Gasteiger partial charge in [-0.25, -0.2) is 4.79 Å². The number of nitrogens with one attached hydrogen (secondary N) is 2. The lowest BCUT2D eigenvalue weighted by atomic mass is 9.86. The maximum Gasteiger partial charge on any atom is 0.319 e. The van der Waals surface area contributed by atoms with Crippen LogP contribution in [0.5, 0.6) is 0 Å². The van der Waals surface area contributed by atoms with Crippen LogP contribution in [0.3, 0.4) is 0 Å². The molecule has 0 saturated heterocycles. The van der Waals surface area contributed by atoms with Gasteiger partial charge in [0.15, 0.2) is 0 Å². The largest absolute Gasteiger partial charge is 0.335 e. The summed E-state index contributed by atoms with van der Waals surface area (Å²) in [5.41, 5.74) is 6.92. The number of nitrogens with two attached hydrogens (primary N) is 1. The minimum absolute atomic E-state index is 0.189. The maximum absolute atomic E-state index is 11.9. The fourth-order valence-corrected chi connectivity index (χ4v) is 2.52. The molecular weight excluding hydrogens is 252 g/mol. The van der Waals surface area contributed by atoms with Gasteiger partial charge in [0.25, 0.3) is 0 Å². The summed E-state index contributed by atoms with van der Waals surface area (Å²) in [4.78, 5) is 11.9. The third kappa shape index (κ3) is 3.97. The Kier molecular flexibility index (Phi) is 4.97. The second-order valence-corrected chi connectivity index (χ2v) is 5.24. The SMILES string of the molecule is N#Cc1ccc(NC(=O)N[C@H]2CC[C@@H](CN)CC2)cc1. The van der Waals surface area contributed by atoms with E-state index in [9.17, 15) is 4.79 Å². The number of nitriles is 1. The molecule has 4 N–H and O–H groups in total. The highest BCUT2D eigenvalue weighted by atomic mass is 16.2. The molecule has 1 aliphatic rings. The fraction of sp³-hybridized carbons (Fsp3) is 0.467. The number of carbonyl (C=O) groups is 1. The van der Waals surface area contributed by atoms with Crippen molar-refractivity contribution in [3.05, 3.63) is 29.8 Å². The molecular formula is C15H20N4O. The molecule has 0 bridgehead atoms. The number of benzene rings is 1. The summed E-state index contributed by atoms with van der Waals surface area (Å²) in [6, 6.07) is 8.90. The van der Waals surface area contributed by atoms with Crippen molar-refractivity contribution in [2.75, 3.05) is 11.9 Å². The number of anilines is 1. The average molecular weight is 272 g/mol. The third-order valence-electron chi connectivity index (χ3n) is 3.79. The monoisotopic (exact) mass is 272 g/mol. The quantitative estimate of drug-likeness (QED) is 0.787. The zero-order chi connectivity index (χ0) is 14.4. The van der Waals surface area contributed by atoms with Crippen LogP contribution in [-0.2, 0) is 0 Å². The zero-order valence-electron chi connectivity index (χ0n) is 11.4. The summed E-state index contributed by atoms with van der Waals surface area (Å²) >= 11 is 0. The molecule has 20 heavy (non-hydrogen) atoms. The first kappa shape index (κ1) is 14.4. The van der Waals surface area contributed by atoms with Crippen LogP contribution in [0.25, 0.3) is 0 Å². The Balaban J connectivity index is 1.79. The lowest BCUT2D eigenvalue weighted by Crippen LogP contribution is -2.40. The van der Waals surface area contributed by atoms with E-state index in [4.69, 9.17) is 11.0 Å². The van der Waals surface area contributed by atoms with E-state index >= 15 is 0 Å². The Morgan fingerprint density at radius 1 is 1.25 bits per heavy atom. The number of amides is 2. The van der Waals surface area contributed by atoms with Gasteiger partial charge in [0.05, 0.1) is 11.6 Å². The van der Waals surface area contributed by atoms with Gasteiger partial charge in [-0.05, 0) is 62.4 Å². The van der Waals surface area contributed by atoms with E-state index in [1.807, 2.05) is 6.07 Å². The van der Waals surface area contributed by atoms with Gasteiger partial charge in [0.1, 0.15) is 0 Å². The van der Waals surface area contributed by atoms with Crippen LogP contribution < -0.4 is 16.4 Å². The molecule has 0 unspecified atom stereocenters. The Hall–Kier alpha value is -2.06. The van der Waals surface area contributed by atoms with Crippen molar-refractivity contribution in [2.45, 2.75) is 31.7 Å². The summed E-state index contributed by atoms with van der Waals surface area (Å²) < 4.78 is 0. The van der Waals surface area contributed by atoms with Gasteiger partial charge in [0, 0.05) is 11.7 Å². The molecule has 106 valence electrons. The van der Waals surface area contributed by atoms with Crippen molar-refractivity contribution in [3.63, 3.8) is 0 Å². The molecule has 2 rings (SSSR count). The summed E-state index contributed by atoms with van der Waals surface area (Å²) in [7, 11) is 0. The molecule has 1 saturated carbocycles. The summed E-state index contributed by atoms with van der Waals surface area (Å²) in [6.07, 6.45) is 4.14. The Bertz CT molecular complexity index is 484. The number of rotatable bonds is 3. The average Bonchev–Trinajstić information content (AvgIpc) is 2.49. The van der Waals surface area contributed by atoms with Crippen LogP contribution in [0.15, 0.2) is 24.3 Å². The second kappa shape index (κ2) is 6.92. The van der Waals surface area contributed by atoms with E-state index in [1.165, 1.54) is 0 Å². The van der Waals surface area contributed by atoms with Crippen LogP contribution in [0.1, 0.15) is 31.2 Å². The van der Waals surface area contributed by atoms with E-state index in [-0.39, 0.29) is 12.1 Å². The molecule has 1 aliphatic carbocycles. The van der Waals surface area contributed by atoms with Gasteiger partial charge < -0.3 is 16.4 Å². The lowest BCUT2D eigenvalue weighted by Gasteiger charge is -2.28. The zero-order valence-corrected chi connectivity index (χ0v) is 11.4. The standard InChI is InChI=1S/C15H20N4O/c16-9-11-1-5-13(6-2-11)18-15(20)19-14-7-3-12(10-17)4-8-14/h1-2,5-6,12,14H,3-4,7-8,10,17H2,(H2,18,19,20)/t12-,14+. The van der Waals surface area contributed by atoms with E-state index in [1.54, 1.807) is 24.3 Å². The first-order chi connectivity index (χ1) is 9.71. The first-order valence-corrected chi connectivity index (χ1v) is 6.99. The topological polar surface area (TPSA) is 90.9 Å². The summed E-state index contributed by atoms with van der Waals surface area (Å²) in [5, 5.41) is 14.5. The minimum Gasteiger partial charge on any atom is -0.335 e. The van der Waals surface area contributed by atoms with E-state index in [2.05, 4.69) is 10.6 Å². The summed E-state index contributed by atoms with van der Waals surface area (Å²) in [5.74, 6) is 0.606. The van der Waals surface area contributed by atoms with Crippen molar-refractivity contribution in [2.24, 2.45) is 11.7 Å². The predicted molar refractivity (Wildman–Crippen MR) is 78.1 cm³/mol. The van der Waals surface area contributed by atoms with Gasteiger partial charge in [-0.15, -0.1) is 0 Å². The fourth-order valence-electron chi connectivity index (χ4n) is 2.52. The maximum atomic E-state index is 11.9.